The molecule has 0 aliphatic carbocycles. The van der Waals surface area contributed by atoms with Crippen LogP contribution in [0.25, 0.3) is 10.2 Å². The van der Waals surface area contributed by atoms with Crippen LogP contribution in [0.15, 0.2) is 72.1 Å². The number of aromatic hydroxyl groups is 1. The van der Waals surface area contributed by atoms with E-state index in [1.54, 1.807) is 30.1 Å². The summed E-state index contributed by atoms with van der Waals surface area (Å²) < 4.78 is 12.7. The average Bonchev–Trinajstić information content (AvgIpc) is 3.48. The number of aromatic nitrogens is 1. The maximum Gasteiger partial charge on any atom is 0.329 e. The Morgan fingerprint density at radius 3 is 2.35 bits per heavy atom. The van der Waals surface area contributed by atoms with Gasteiger partial charge in [-0.05, 0) is 61.5 Å². The molecule has 0 aliphatic rings. The van der Waals surface area contributed by atoms with Gasteiger partial charge in [0.25, 0.3) is 0 Å². The summed E-state index contributed by atoms with van der Waals surface area (Å²) in [5, 5.41) is 19.1. The van der Waals surface area contributed by atoms with E-state index in [1.807, 2.05) is 62.5 Å². The van der Waals surface area contributed by atoms with Crippen LogP contribution in [0.3, 0.4) is 0 Å². The van der Waals surface area contributed by atoms with Crippen molar-refractivity contribution in [1.82, 2.24) is 31.0 Å². The van der Waals surface area contributed by atoms with Crippen LogP contribution in [0.2, 0.25) is 5.15 Å². The molecule has 4 aromatic rings. The number of nitrogens with zero attached hydrogens (tertiary/aromatic N) is 3. The fraction of sp³-hybridized carbons (Fsp3) is 0.371. The van der Waals surface area contributed by atoms with Crippen LogP contribution in [0.1, 0.15) is 37.5 Å². The minimum atomic E-state index is -1.02. The van der Waals surface area contributed by atoms with Gasteiger partial charge in [-0.3, -0.25) is 15.0 Å². The summed E-state index contributed by atoms with van der Waals surface area (Å²) in [5.74, 6) is -0.789. The highest BCUT2D eigenvalue weighted by molar-refractivity contribution is 7.17. The third kappa shape index (κ3) is 11.1. The van der Waals surface area contributed by atoms with E-state index in [9.17, 15) is 19.5 Å². The van der Waals surface area contributed by atoms with Crippen LogP contribution in [-0.4, -0.2) is 83.0 Å². The van der Waals surface area contributed by atoms with Gasteiger partial charge in [-0.25, -0.2) is 14.8 Å². The number of carbonyl (C=O) groups excluding carboxylic acids is 3. The molecule has 0 fully saturated rings. The smallest absolute Gasteiger partial charge is 0.329 e. The molecule has 12 nitrogen and oxygen atoms in total. The maximum atomic E-state index is 14.6. The molecule has 0 saturated carbocycles. The molecular weight excluding hydrogens is 668 g/mol. The molecule has 0 saturated heterocycles. The van der Waals surface area contributed by atoms with Gasteiger partial charge in [0.2, 0.25) is 11.8 Å². The molecule has 0 bridgehead atoms. The van der Waals surface area contributed by atoms with Crippen molar-refractivity contribution >= 4 is 51.0 Å². The van der Waals surface area contributed by atoms with Gasteiger partial charge in [0.05, 0.1) is 22.8 Å². The lowest BCUT2D eigenvalue weighted by Crippen LogP contribution is -2.56. The van der Waals surface area contributed by atoms with Crippen molar-refractivity contribution in [2.75, 3.05) is 26.8 Å². The second-order valence-corrected chi connectivity index (χ2v) is 12.7. The summed E-state index contributed by atoms with van der Waals surface area (Å²) in [6.45, 7) is 6.50. The number of ether oxygens (including phenoxy) is 2. The van der Waals surface area contributed by atoms with Gasteiger partial charge in [0.15, 0.2) is 6.29 Å². The fourth-order valence-electron chi connectivity index (χ4n) is 5.21. The Balaban J connectivity index is 1.56. The van der Waals surface area contributed by atoms with Gasteiger partial charge < -0.3 is 30.1 Å². The number of fused-ring (bicyclic) bond motifs is 1. The fourth-order valence-corrected chi connectivity index (χ4v) is 6.25. The van der Waals surface area contributed by atoms with E-state index in [1.165, 1.54) is 28.5 Å². The molecular formula is C35H43ClN6O6S. The van der Waals surface area contributed by atoms with Crippen LogP contribution >= 0.6 is 22.9 Å². The number of hydrogen-bond donors (Lipinski definition) is 4. The number of amides is 4. The number of thiophene rings is 1. The number of rotatable bonds is 17. The lowest BCUT2D eigenvalue weighted by Gasteiger charge is -2.36. The summed E-state index contributed by atoms with van der Waals surface area (Å²) in [4.78, 5) is 46.7. The van der Waals surface area contributed by atoms with Gasteiger partial charge in [0, 0.05) is 45.3 Å². The number of hydrogen-bond acceptors (Lipinski definition) is 9. The Labute approximate surface area is 295 Å². The lowest BCUT2D eigenvalue weighted by molar-refractivity contribution is -0.179. The third-order valence-electron chi connectivity index (χ3n) is 7.61. The minimum Gasteiger partial charge on any atom is -0.508 e. The summed E-state index contributed by atoms with van der Waals surface area (Å²) in [7, 11) is 1.56. The SMILES string of the molecule is CCOC(OCC)C(C)N(Cc1csc2ccc(Cl)nc12)C(=O)C(Cc1ccc(O)cc1)NC(=O)CN(C)NC(=O)NCc1ccccc1. The van der Waals surface area contributed by atoms with Crippen LogP contribution in [0, 0.1) is 0 Å². The summed E-state index contributed by atoms with van der Waals surface area (Å²) in [6.07, 6.45) is -0.610. The number of benzene rings is 2. The van der Waals surface area contributed by atoms with Gasteiger partial charge in [-0.15, -0.1) is 11.3 Å². The number of phenolic OH excluding ortho intramolecular Hbond substituents is 1. The van der Waals surface area contributed by atoms with Gasteiger partial charge in [0.1, 0.15) is 16.9 Å². The lowest BCUT2D eigenvalue weighted by atomic mass is 10.0. The van der Waals surface area contributed by atoms with E-state index >= 15 is 0 Å². The third-order valence-corrected chi connectivity index (χ3v) is 8.80. The van der Waals surface area contributed by atoms with E-state index < -0.39 is 30.3 Å². The number of pyridine rings is 1. The molecule has 0 aliphatic heterocycles. The zero-order valence-corrected chi connectivity index (χ0v) is 29.6. The number of urea groups is 1. The second kappa shape index (κ2) is 18.5. The van der Waals surface area contributed by atoms with Crippen molar-refractivity contribution < 1.29 is 29.0 Å². The first kappa shape index (κ1) is 37.5. The Bertz CT molecular complexity index is 1670. The minimum absolute atomic E-state index is 0.0796. The zero-order chi connectivity index (χ0) is 35.3. The number of nitrogens with one attached hydrogen (secondary N) is 3. The molecule has 2 heterocycles. The van der Waals surface area contributed by atoms with E-state index in [4.69, 9.17) is 21.1 Å². The molecule has 4 N–H and O–H groups in total. The van der Waals surface area contributed by atoms with Crippen molar-refractivity contribution in [1.29, 1.82) is 0 Å². The van der Waals surface area contributed by atoms with E-state index in [0.29, 0.717) is 30.4 Å². The molecule has 4 amide bonds. The first-order valence-electron chi connectivity index (χ1n) is 16.0. The molecule has 49 heavy (non-hydrogen) atoms. The second-order valence-electron chi connectivity index (χ2n) is 11.4. The van der Waals surface area contributed by atoms with Crippen molar-refractivity contribution in [3.8, 4) is 5.75 Å². The molecule has 2 atom stereocenters. The first-order chi connectivity index (χ1) is 23.6. The molecule has 262 valence electrons. The monoisotopic (exact) mass is 710 g/mol. The van der Waals surface area contributed by atoms with Crippen LogP contribution < -0.4 is 16.1 Å². The Morgan fingerprint density at radius 2 is 1.67 bits per heavy atom. The van der Waals surface area contributed by atoms with E-state index in [-0.39, 0.29) is 31.2 Å². The topological polar surface area (TPSA) is 145 Å². The highest BCUT2D eigenvalue weighted by Crippen LogP contribution is 2.28. The molecule has 2 unspecified atom stereocenters. The van der Waals surface area contributed by atoms with Crippen LogP contribution in [0.5, 0.6) is 5.75 Å². The predicted octanol–water partition coefficient (Wildman–Crippen LogP) is 4.85. The standard InChI is InChI=1S/C35H43ClN6O6S/c1-5-47-34(48-6-2)23(3)42(20-26-22-49-29-16-17-30(36)39-32(26)29)33(45)28(18-24-12-14-27(43)15-13-24)38-31(44)21-41(4)40-35(46)37-19-25-10-8-7-9-11-25/h7-17,22-23,28,34,43H,5-6,18-21H2,1-4H3,(H,38,44)(H2,37,40,46). The van der Waals surface area contributed by atoms with Crippen molar-refractivity contribution in [2.24, 2.45) is 0 Å². The largest absolute Gasteiger partial charge is 0.508 e. The van der Waals surface area contributed by atoms with Crippen molar-refractivity contribution in [2.45, 2.75) is 58.7 Å². The summed E-state index contributed by atoms with van der Waals surface area (Å²) in [5.41, 5.74) is 5.74. The molecule has 2 aromatic carbocycles. The Hall–Kier alpha value is -4.27. The Kier molecular flexibility index (Phi) is 14.2. The number of likely N-dealkylation sites (N-methyl/N-ethyl adjacent to an activating group) is 1. The maximum absolute atomic E-state index is 14.6. The van der Waals surface area contributed by atoms with Gasteiger partial charge >= 0.3 is 6.03 Å². The van der Waals surface area contributed by atoms with E-state index in [0.717, 1.165) is 21.4 Å². The van der Waals surface area contributed by atoms with E-state index in [2.05, 4.69) is 21.0 Å². The molecule has 4 rings (SSSR count). The molecule has 0 spiro atoms. The summed E-state index contributed by atoms with van der Waals surface area (Å²) in [6, 6.07) is 17.4. The quantitative estimate of drug-likeness (QED) is 0.0692. The predicted molar refractivity (Wildman–Crippen MR) is 190 cm³/mol. The number of carbonyl (C=O) groups is 3. The highest BCUT2D eigenvalue weighted by atomic mass is 35.5. The highest BCUT2D eigenvalue weighted by Gasteiger charge is 2.34. The van der Waals surface area contributed by atoms with Crippen molar-refractivity contribution in [3.63, 3.8) is 0 Å². The number of hydrazine groups is 1. The van der Waals surface area contributed by atoms with Gasteiger partial charge in [-0.2, -0.15) is 0 Å². The molecule has 0 radical (unpaired) electrons. The van der Waals surface area contributed by atoms with Gasteiger partial charge in [-0.1, -0.05) is 54.1 Å². The first-order valence-corrected chi connectivity index (χ1v) is 17.3. The van der Waals surface area contributed by atoms with Crippen LogP contribution in [0.4, 0.5) is 4.79 Å². The van der Waals surface area contributed by atoms with Crippen LogP contribution in [-0.2, 0) is 38.6 Å². The average molecular weight is 711 g/mol. The number of phenols is 1. The zero-order valence-electron chi connectivity index (χ0n) is 28.0. The molecule has 14 heteroatoms. The Morgan fingerprint density at radius 1 is 0.980 bits per heavy atom. The summed E-state index contributed by atoms with van der Waals surface area (Å²) >= 11 is 7.74. The normalized spacial score (nSPS) is 12.6. The molecule has 2 aromatic heterocycles. The number of halogens is 1. The van der Waals surface area contributed by atoms with Crippen molar-refractivity contribution in [3.05, 3.63) is 94.0 Å².